The third kappa shape index (κ3) is 2.60. The Bertz CT molecular complexity index is 652. The zero-order valence-corrected chi connectivity index (χ0v) is 12.3. The van der Waals surface area contributed by atoms with E-state index in [4.69, 9.17) is 22.1 Å². The number of thiophene rings is 1. The van der Waals surface area contributed by atoms with E-state index in [1.165, 1.54) is 11.3 Å². The second-order valence-electron chi connectivity index (χ2n) is 4.53. The van der Waals surface area contributed by atoms with Gasteiger partial charge >= 0.3 is 0 Å². The van der Waals surface area contributed by atoms with Crippen LogP contribution in [0.1, 0.15) is 9.67 Å². The molecule has 5 nitrogen and oxygen atoms in total. The van der Waals surface area contributed by atoms with E-state index in [9.17, 15) is 4.79 Å². The zero-order valence-electron chi connectivity index (χ0n) is 10.7. The Labute approximate surface area is 125 Å². The maximum Gasteiger partial charge on any atom is 0.277 e. The topological polar surface area (TPSA) is 67.6 Å². The third-order valence-corrected chi connectivity index (χ3v) is 4.57. The molecule has 3 rings (SSSR count). The van der Waals surface area contributed by atoms with Crippen molar-refractivity contribution in [2.24, 2.45) is 0 Å². The molecule has 1 fully saturated rings. The number of hydrogen-bond donors (Lipinski definition) is 2. The summed E-state index contributed by atoms with van der Waals surface area (Å²) in [5.74, 6) is -0.179. The monoisotopic (exact) mass is 311 g/mol. The fourth-order valence-corrected chi connectivity index (χ4v) is 3.42. The highest BCUT2D eigenvalue weighted by Gasteiger charge is 2.19. The fraction of sp³-hybridized carbons (Fsp3) is 0.308. The normalized spacial score (nSPS) is 16.4. The smallest absolute Gasteiger partial charge is 0.277 e. The van der Waals surface area contributed by atoms with E-state index in [1.807, 2.05) is 17.1 Å². The van der Waals surface area contributed by atoms with E-state index in [-0.39, 0.29) is 5.91 Å². The van der Waals surface area contributed by atoms with Crippen LogP contribution in [0, 0.1) is 0 Å². The number of nitrogens with two attached hydrogens (primary N) is 1. The molecule has 0 radical (unpaired) electrons. The molecule has 1 aromatic carbocycles. The van der Waals surface area contributed by atoms with Gasteiger partial charge in [0.05, 0.1) is 18.9 Å². The van der Waals surface area contributed by atoms with Gasteiger partial charge in [-0.15, -0.1) is 11.3 Å². The molecule has 1 aliphatic rings. The van der Waals surface area contributed by atoms with Gasteiger partial charge < -0.3 is 10.5 Å². The number of nitrogen functional groups attached to an aromatic ring is 1. The van der Waals surface area contributed by atoms with Crippen LogP contribution in [0.4, 0.5) is 5.69 Å². The number of benzene rings is 1. The first kappa shape index (κ1) is 13.6. The Morgan fingerprint density at radius 3 is 2.90 bits per heavy atom. The minimum absolute atomic E-state index is 0.179. The summed E-state index contributed by atoms with van der Waals surface area (Å²) in [5.41, 5.74) is 9.43. The van der Waals surface area contributed by atoms with Crippen LogP contribution >= 0.6 is 22.9 Å². The molecule has 2 aromatic rings. The number of carbonyl (C=O) groups excluding carboxylic acids is 1. The lowest BCUT2D eigenvalue weighted by molar-refractivity contribution is 0.0128. The van der Waals surface area contributed by atoms with Crippen LogP contribution in [0.2, 0.25) is 5.02 Å². The maximum atomic E-state index is 12.3. The van der Waals surface area contributed by atoms with E-state index >= 15 is 0 Å². The number of nitrogens with zero attached hydrogens (tertiary/aromatic N) is 1. The average Bonchev–Trinajstić information content (AvgIpc) is 2.76. The minimum Gasteiger partial charge on any atom is -0.397 e. The number of ether oxygens (including phenoxy) is 1. The maximum absolute atomic E-state index is 12.3. The van der Waals surface area contributed by atoms with Gasteiger partial charge in [-0.05, 0) is 18.2 Å². The first-order valence-electron chi connectivity index (χ1n) is 6.26. The van der Waals surface area contributed by atoms with Gasteiger partial charge in [0.1, 0.15) is 4.88 Å². The van der Waals surface area contributed by atoms with E-state index < -0.39 is 0 Å². The summed E-state index contributed by atoms with van der Waals surface area (Å²) in [5, 5.41) is 3.35. The largest absolute Gasteiger partial charge is 0.397 e. The first-order chi connectivity index (χ1) is 9.65. The van der Waals surface area contributed by atoms with E-state index in [0.717, 1.165) is 10.1 Å². The highest BCUT2D eigenvalue weighted by molar-refractivity contribution is 7.21. The number of rotatable bonds is 2. The molecule has 7 heteroatoms. The molecule has 1 amide bonds. The lowest BCUT2D eigenvalue weighted by Crippen LogP contribution is -2.48. The van der Waals surface area contributed by atoms with E-state index in [2.05, 4.69) is 5.43 Å². The molecule has 106 valence electrons. The fourth-order valence-electron chi connectivity index (χ4n) is 2.13. The van der Waals surface area contributed by atoms with Gasteiger partial charge in [-0.1, -0.05) is 11.6 Å². The number of fused-ring (bicyclic) bond motifs is 1. The highest BCUT2D eigenvalue weighted by atomic mass is 35.5. The van der Waals surface area contributed by atoms with Gasteiger partial charge in [-0.25, -0.2) is 5.01 Å². The predicted octanol–water partition coefficient (Wildman–Crippen LogP) is 2.11. The van der Waals surface area contributed by atoms with Gasteiger partial charge in [-0.2, -0.15) is 0 Å². The lowest BCUT2D eigenvalue weighted by atomic mass is 10.2. The van der Waals surface area contributed by atoms with Crippen molar-refractivity contribution in [1.29, 1.82) is 0 Å². The van der Waals surface area contributed by atoms with Crippen LogP contribution in [0.5, 0.6) is 0 Å². The number of anilines is 1. The summed E-state index contributed by atoms with van der Waals surface area (Å²) < 4.78 is 6.16. The van der Waals surface area contributed by atoms with Gasteiger partial charge in [0.15, 0.2) is 0 Å². The molecular formula is C13H14ClN3O2S. The van der Waals surface area contributed by atoms with Crippen LogP contribution in [-0.2, 0) is 4.74 Å². The Balaban J connectivity index is 1.85. The van der Waals surface area contributed by atoms with Crippen LogP contribution in [0.3, 0.4) is 0 Å². The first-order valence-corrected chi connectivity index (χ1v) is 7.46. The van der Waals surface area contributed by atoms with E-state index in [0.29, 0.717) is 41.9 Å². The second-order valence-corrected chi connectivity index (χ2v) is 6.01. The molecular weight excluding hydrogens is 298 g/mol. The third-order valence-electron chi connectivity index (χ3n) is 3.17. The van der Waals surface area contributed by atoms with Crippen molar-refractivity contribution in [3.63, 3.8) is 0 Å². The van der Waals surface area contributed by atoms with Crippen molar-refractivity contribution >= 4 is 44.6 Å². The van der Waals surface area contributed by atoms with Gasteiger partial charge in [0.25, 0.3) is 5.91 Å². The lowest BCUT2D eigenvalue weighted by Gasteiger charge is -2.26. The molecule has 2 heterocycles. The minimum atomic E-state index is -0.179. The summed E-state index contributed by atoms with van der Waals surface area (Å²) in [6.07, 6.45) is 0. The molecule has 0 unspecified atom stereocenters. The van der Waals surface area contributed by atoms with Crippen LogP contribution in [-0.4, -0.2) is 37.2 Å². The van der Waals surface area contributed by atoms with Crippen LogP contribution in [0.15, 0.2) is 18.2 Å². The molecule has 1 aliphatic heterocycles. The van der Waals surface area contributed by atoms with Crippen molar-refractivity contribution in [2.75, 3.05) is 32.0 Å². The Hall–Kier alpha value is -1.34. The van der Waals surface area contributed by atoms with Crippen LogP contribution in [0.25, 0.3) is 10.1 Å². The molecule has 0 spiro atoms. The number of halogens is 1. The molecule has 0 saturated carbocycles. The molecule has 0 atom stereocenters. The Morgan fingerprint density at radius 1 is 1.40 bits per heavy atom. The van der Waals surface area contributed by atoms with Gasteiger partial charge in [0.2, 0.25) is 0 Å². The van der Waals surface area contributed by atoms with Crippen molar-refractivity contribution in [3.8, 4) is 0 Å². The number of hydrazine groups is 1. The molecule has 20 heavy (non-hydrogen) atoms. The average molecular weight is 312 g/mol. The molecule has 0 bridgehead atoms. The Kier molecular flexibility index (Phi) is 3.80. The quantitative estimate of drug-likeness (QED) is 0.891. The molecule has 0 aliphatic carbocycles. The molecule has 1 saturated heterocycles. The Morgan fingerprint density at radius 2 is 2.15 bits per heavy atom. The van der Waals surface area contributed by atoms with Crippen molar-refractivity contribution in [1.82, 2.24) is 10.4 Å². The second kappa shape index (κ2) is 5.57. The number of carbonyl (C=O) groups is 1. The highest BCUT2D eigenvalue weighted by Crippen LogP contribution is 2.35. The SMILES string of the molecule is Nc1c(C(=O)NN2CCOCC2)sc2cc(Cl)ccc12. The number of amides is 1. The summed E-state index contributed by atoms with van der Waals surface area (Å²) in [6, 6.07) is 5.44. The number of morpholine rings is 1. The summed E-state index contributed by atoms with van der Waals surface area (Å²) in [4.78, 5) is 12.8. The summed E-state index contributed by atoms with van der Waals surface area (Å²) in [7, 11) is 0. The summed E-state index contributed by atoms with van der Waals surface area (Å²) >= 11 is 7.31. The standard InChI is InChI=1S/C13H14ClN3O2S/c14-8-1-2-9-10(7-8)20-12(11(9)15)13(18)16-17-3-5-19-6-4-17/h1-2,7H,3-6,15H2,(H,16,18). The van der Waals surface area contributed by atoms with E-state index in [1.54, 1.807) is 6.07 Å². The molecule has 3 N–H and O–H groups in total. The predicted molar refractivity (Wildman–Crippen MR) is 81.1 cm³/mol. The number of hydrogen-bond acceptors (Lipinski definition) is 5. The molecule has 1 aromatic heterocycles. The summed E-state index contributed by atoms with van der Waals surface area (Å²) in [6.45, 7) is 2.61. The number of nitrogens with one attached hydrogen (secondary N) is 1. The van der Waals surface area contributed by atoms with Gasteiger partial charge in [0, 0.05) is 28.2 Å². The van der Waals surface area contributed by atoms with Gasteiger partial charge in [-0.3, -0.25) is 10.2 Å². The zero-order chi connectivity index (χ0) is 14.1. The van der Waals surface area contributed by atoms with Crippen molar-refractivity contribution in [2.45, 2.75) is 0 Å². The van der Waals surface area contributed by atoms with Crippen LogP contribution < -0.4 is 11.2 Å². The van der Waals surface area contributed by atoms with Crippen molar-refractivity contribution in [3.05, 3.63) is 28.1 Å². The van der Waals surface area contributed by atoms with Crippen molar-refractivity contribution < 1.29 is 9.53 Å².